The van der Waals surface area contributed by atoms with Crippen LogP contribution in [0.4, 0.5) is 0 Å². The van der Waals surface area contributed by atoms with Gasteiger partial charge in [-0.3, -0.25) is 4.79 Å². The van der Waals surface area contributed by atoms with Gasteiger partial charge in [-0.2, -0.15) is 0 Å². The van der Waals surface area contributed by atoms with Crippen LogP contribution in [0.15, 0.2) is 16.9 Å². The lowest BCUT2D eigenvalue weighted by atomic mass is 9.80. The molecule has 0 spiro atoms. The van der Waals surface area contributed by atoms with Crippen LogP contribution in [0.2, 0.25) is 0 Å². The van der Waals surface area contributed by atoms with Crippen molar-refractivity contribution in [2.24, 2.45) is 0 Å². The van der Waals surface area contributed by atoms with Gasteiger partial charge in [0.05, 0.1) is 12.6 Å². The normalized spacial score (nSPS) is 19.0. The Balaban J connectivity index is 2.51. The second-order valence-corrected chi connectivity index (χ2v) is 3.74. The molecule has 1 aliphatic heterocycles. The summed E-state index contributed by atoms with van der Waals surface area (Å²) in [7, 11) is -1.61. The highest BCUT2D eigenvalue weighted by molar-refractivity contribution is 6.58. The summed E-state index contributed by atoms with van der Waals surface area (Å²) >= 11 is 0. The molecule has 5 nitrogen and oxygen atoms in total. The number of aliphatic hydroxyl groups excluding tert-OH is 1. The molecule has 0 aromatic carbocycles. The molecule has 0 aliphatic carbocycles. The standard InChI is InChI=1S/C9H12BNO4/c12-5-8-2-1-7-3-6(10(14)15)4-9(13)11(7)8/h3-4,8,12,14-15H,1-2,5H2/t8-/m0/s1. The van der Waals surface area contributed by atoms with Gasteiger partial charge >= 0.3 is 7.12 Å². The van der Waals surface area contributed by atoms with Crippen molar-refractivity contribution in [1.29, 1.82) is 0 Å². The van der Waals surface area contributed by atoms with Crippen molar-refractivity contribution in [2.75, 3.05) is 6.61 Å². The van der Waals surface area contributed by atoms with E-state index >= 15 is 0 Å². The summed E-state index contributed by atoms with van der Waals surface area (Å²) in [6.07, 6.45) is 1.40. The molecular weight excluding hydrogens is 197 g/mol. The number of rotatable bonds is 2. The first-order valence-electron chi connectivity index (χ1n) is 4.86. The molecule has 1 aliphatic rings. The minimum absolute atomic E-state index is 0.0616. The fourth-order valence-corrected chi connectivity index (χ4v) is 2.03. The Kier molecular flexibility index (Phi) is 2.64. The van der Waals surface area contributed by atoms with Crippen molar-refractivity contribution >= 4 is 12.6 Å². The molecule has 0 unspecified atom stereocenters. The van der Waals surface area contributed by atoms with Gasteiger partial charge in [0.15, 0.2) is 0 Å². The highest BCUT2D eigenvalue weighted by Crippen LogP contribution is 2.21. The lowest BCUT2D eigenvalue weighted by molar-refractivity contribution is 0.231. The monoisotopic (exact) mass is 209 g/mol. The maximum absolute atomic E-state index is 11.6. The van der Waals surface area contributed by atoms with E-state index in [1.54, 1.807) is 6.07 Å². The van der Waals surface area contributed by atoms with Crippen molar-refractivity contribution in [3.05, 3.63) is 28.2 Å². The summed E-state index contributed by atoms with van der Waals surface area (Å²) in [5, 5.41) is 27.0. The van der Waals surface area contributed by atoms with E-state index in [4.69, 9.17) is 15.2 Å². The first kappa shape index (κ1) is 10.4. The van der Waals surface area contributed by atoms with E-state index < -0.39 is 7.12 Å². The van der Waals surface area contributed by atoms with E-state index in [0.29, 0.717) is 6.42 Å². The van der Waals surface area contributed by atoms with Gasteiger partial charge in [-0.05, 0) is 24.4 Å². The molecule has 0 bridgehead atoms. The Morgan fingerprint density at radius 3 is 2.80 bits per heavy atom. The zero-order valence-corrected chi connectivity index (χ0v) is 8.13. The molecule has 15 heavy (non-hydrogen) atoms. The van der Waals surface area contributed by atoms with Crippen molar-refractivity contribution in [2.45, 2.75) is 18.9 Å². The van der Waals surface area contributed by atoms with Crippen molar-refractivity contribution in [3.8, 4) is 0 Å². The van der Waals surface area contributed by atoms with E-state index in [0.717, 1.165) is 12.1 Å². The van der Waals surface area contributed by atoms with Crippen LogP contribution in [0.1, 0.15) is 18.2 Å². The third-order valence-electron chi connectivity index (χ3n) is 2.78. The summed E-state index contributed by atoms with van der Waals surface area (Å²) in [5.41, 5.74) is 0.682. The smallest absolute Gasteiger partial charge is 0.423 e. The summed E-state index contributed by atoms with van der Waals surface area (Å²) in [6, 6.07) is 2.63. The van der Waals surface area contributed by atoms with Crippen molar-refractivity contribution in [3.63, 3.8) is 0 Å². The fourth-order valence-electron chi connectivity index (χ4n) is 2.03. The molecule has 0 saturated heterocycles. The van der Waals surface area contributed by atoms with Crippen LogP contribution in [0.25, 0.3) is 0 Å². The Morgan fingerprint density at radius 1 is 1.47 bits per heavy atom. The second-order valence-electron chi connectivity index (χ2n) is 3.74. The Bertz CT molecular complexity index is 429. The lowest BCUT2D eigenvalue weighted by Gasteiger charge is -2.11. The van der Waals surface area contributed by atoms with Gasteiger partial charge in [-0.25, -0.2) is 0 Å². The zero-order valence-electron chi connectivity index (χ0n) is 8.13. The predicted octanol–water partition coefficient (Wildman–Crippen LogP) is -1.99. The summed E-state index contributed by atoms with van der Waals surface area (Å²) < 4.78 is 1.52. The Hall–Kier alpha value is -1.11. The maximum atomic E-state index is 11.6. The van der Waals surface area contributed by atoms with Gasteiger partial charge in [0.2, 0.25) is 0 Å². The van der Waals surface area contributed by atoms with Gasteiger partial charge in [0, 0.05) is 11.8 Å². The largest absolute Gasteiger partial charge is 0.488 e. The lowest BCUT2D eigenvalue weighted by Crippen LogP contribution is -2.36. The highest BCUT2D eigenvalue weighted by Gasteiger charge is 2.24. The van der Waals surface area contributed by atoms with Crippen LogP contribution in [-0.2, 0) is 6.42 Å². The molecule has 0 radical (unpaired) electrons. The molecule has 0 saturated carbocycles. The average molecular weight is 209 g/mol. The number of pyridine rings is 1. The van der Waals surface area contributed by atoms with Gasteiger partial charge < -0.3 is 19.7 Å². The van der Waals surface area contributed by atoms with Crippen LogP contribution in [-0.4, -0.2) is 33.4 Å². The molecule has 6 heteroatoms. The number of aromatic nitrogens is 1. The van der Waals surface area contributed by atoms with E-state index in [1.807, 2.05) is 0 Å². The van der Waals surface area contributed by atoms with Crippen molar-refractivity contribution < 1.29 is 15.2 Å². The zero-order chi connectivity index (χ0) is 11.0. The van der Waals surface area contributed by atoms with Crippen LogP contribution < -0.4 is 11.0 Å². The molecule has 1 aromatic rings. The highest BCUT2D eigenvalue weighted by atomic mass is 16.4. The quantitative estimate of drug-likeness (QED) is 0.492. The third kappa shape index (κ3) is 1.71. The van der Waals surface area contributed by atoms with E-state index in [-0.39, 0.29) is 23.7 Å². The molecule has 0 amide bonds. The van der Waals surface area contributed by atoms with Gasteiger partial charge in [0.25, 0.3) is 5.56 Å². The fraction of sp³-hybridized carbons (Fsp3) is 0.444. The second kappa shape index (κ2) is 3.81. The first-order valence-corrected chi connectivity index (χ1v) is 4.86. The maximum Gasteiger partial charge on any atom is 0.488 e. The summed E-state index contributed by atoms with van der Waals surface area (Å²) in [4.78, 5) is 11.6. The molecule has 2 heterocycles. The Labute approximate surface area is 86.8 Å². The first-order chi connectivity index (χ1) is 7.13. The number of nitrogens with zero attached hydrogens (tertiary/aromatic N) is 1. The molecule has 1 aromatic heterocycles. The van der Waals surface area contributed by atoms with Crippen LogP contribution in [0.3, 0.4) is 0 Å². The summed E-state index contributed by atoms with van der Waals surface area (Å²) in [6.45, 7) is -0.0616. The third-order valence-corrected chi connectivity index (χ3v) is 2.78. The summed E-state index contributed by atoms with van der Waals surface area (Å²) in [5.74, 6) is 0. The SMILES string of the molecule is O=c1cc(B(O)O)cc2n1[C@H](CO)CC2. The minimum atomic E-state index is -1.61. The van der Waals surface area contributed by atoms with Crippen molar-refractivity contribution in [1.82, 2.24) is 4.57 Å². The van der Waals surface area contributed by atoms with Crippen LogP contribution >= 0.6 is 0 Å². The van der Waals surface area contributed by atoms with E-state index in [1.165, 1.54) is 10.6 Å². The number of fused-ring (bicyclic) bond motifs is 1. The molecular formula is C9H12BNO4. The Morgan fingerprint density at radius 2 is 2.20 bits per heavy atom. The average Bonchev–Trinajstić information content (AvgIpc) is 2.60. The number of hydrogen-bond acceptors (Lipinski definition) is 4. The predicted molar refractivity (Wildman–Crippen MR) is 55.0 cm³/mol. The van der Waals surface area contributed by atoms with E-state index in [2.05, 4.69) is 0 Å². The molecule has 1 atom stereocenters. The molecule has 0 fully saturated rings. The van der Waals surface area contributed by atoms with Crippen LogP contribution in [0.5, 0.6) is 0 Å². The van der Waals surface area contributed by atoms with Gasteiger partial charge in [0.1, 0.15) is 0 Å². The van der Waals surface area contributed by atoms with Gasteiger partial charge in [-0.15, -0.1) is 0 Å². The minimum Gasteiger partial charge on any atom is -0.423 e. The molecule has 3 N–H and O–H groups in total. The number of hydrogen-bond donors (Lipinski definition) is 3. The molecule has 2 rings (SSSR count). The number of aryl methyl sites for hydroxylation is 1. The molecule has 80 valence electrons. The number of aliphatic hydroxyl groups is 1. The van der Waals surface area contributed by atoms with Gasteiger partial charge in [-0.1, -0.05) is 0 Å². The van der Waals surface area contributed by atoms with E-state index in [9.17, 15) is 4.79 Å². The topological polar surface area (TPSA) is 82.7 Å². The van der Waals surface area contributed by atoms with Crippen LogP contribution in [0, 0.1) is 0 Å².